The molecule has 1 fully saturated rings. The summed E-state index contributed by atoms with van der Waals surface area (Å²) in [6.07, 6.45) is 1.76. The van der Waals surface area contributed by atoms with Crippen molar-refractivity contribution in [1.29, 1.82) is 0 Å². The summed E-state index contributed by atoms with van der Waals surface area (Å²) in [5, 5.41) is 3.87. The minimum Gasteiger partial charge on any atom is -0.493 e. The van der Waals surface area contributed by atoms with E-state index in [0.717, 1.165) is 16.7 Å². The predicted molar refractivity (Wildman–Crippen MR) is 131 cm³/mol. The van der Waals surface area contributed by atoms with Gasteiger partial charge in [0.05, 0.1) is 17.7 Å². The fraction of sp³-hybridized carbons (Fsp3) is 0.120. The van der Waals surface area contributed by atoms with E-state index in [0.29, 0.717) is 32.3 Å². The zero-order chi connectivity index (χ0) is 23.4. The number of nitrogens with zero attached hydrogens (tertiary/aromatic N) is 1. The molecule has 0 aliphatic carbocycles. The maximum absolute atomic E-state index is 13.1. The number of carbonyl (C=O) groups is 1. The molecule has 3 aromatic rings. The molecule has 0 spiro atoms. The van der Waals surface area contributed by atoms with Gasteiger partial charge in [-0.25, -0.2) is 9.38 Å². The molecule has 5 nitrogen and oxygen atoms in total. The van der Waals surface area contributed by atoms with Crippen molar-refractivity contribution in [2.24, 2.45) is 4.99 Å². The van der Waals surface area contributed by atoms with Crippen molar-refractivity contribution < 1.29 is 18.7 Å². The normalized spacial score (nSPS) is 15.7. The van der Waals surface area contributed by atoms with Crippen LogP contribution in [0.4, 0.5) is 10.1 Å². The van der Waals surface area contributed by atoms with Gasteiger partial charge in [0.15, 0.2) is 16.7 Å². The number of aliphatic imine (C=N–C) groups is 1. The molecule has 1 saturated heterocycles. The summed E-state index contributed by atoms with van der Waals surface area (Å²) in [7, 11) is 1.55. The molecule has 1 heterocycles. The average molecular weight is 483 g/mol. The highest BCUT2D eigenvalue weighted by molar-refractivity contribution is 8.18. The van der Waals surface area contributed by atoms with Gasteiger partial charge < -0.3 is 14.8 Å². The van der Waals surface area contributed by atoms with E-state index in [4.69, 9.17) is 21.1 Å². The lowest BCUT2D eigenvalue weighted by Crippen LogP contribution is -2.19. The van der Waals surface area contributed by atoms with Gasteiger partial charge in [-0.05, 0) is 77.9 Å². The first kappa shape index (κ1) is 22.9. The summed E-state index contributed by atoms with van der Waals surface area (Å²) < 4.78 is 24.3. The summed E-state index contributed by atoms with van der Waals surface area (Å²) in [4.78, 5) is 17.4. The molecule has 0 aromatic heterocycles. The van der Waals surface area contributed by atoms with E-state index in [9.17, 15) is 9.18 Å². The Bertz CT molecular complexity index is 1260. The number of hydrogen-bond donors (Lipinski definition) is 1. The molecule has 3 aromatic carbocycles. The summed E-state index contributed by atoms with van der Waals surface area (Å²) >= 11 is 7.41. The molecule has 1 amide bonds. The summed E-state index contributed by atoms with van der Waals surface area (Å²) in [5.74, 6) is 0.551. The third kappa shape index (κ3) is 5.74. The van der Waals surface area contributed by atoms with Crippen LogP contribution in [0, 0.1) is 12.7 Å². The predicted octanol–water partition coefficient (Wildman–Crippen LogP) is 6.27. The minimum atomic E-state index is -0.293. The van der Waals surface area contributed by atoms with Crippen LogP contribution in [0.25, 0.3) is 6.08 Å². The Hall–Kier alpha value is -3.29. The Morgan fingerprint density at radius 1 is 1.09 bits per heavy atom. The molecule has 0 unspecified atom stereocenters. The highest BCUT2D eigenvalue weighted by Crippen LogP contribution is 2.33. The monoisotopic (exact) mass is 482 g/mol. The van der Waals surface area contributed by atoms with Gasteiger partial charge in [0.25, 0.3) is 5.91 Å². The number of hydrogen-bond acceptors (Lipinski definition) is 5. The molecule has 8 heteroatoms. The van der Waals surface area contributed by atoms with Crippen molar-refractivity contribution in [2.45, 2.75) is 13.5 Å². The molecule has 33 heavy (non-hydrogen) atoms. The van der Waals surface area contributed by atoms with Gasteiger partial charge in [-0.3, -0.25) is 4.79 Å². The number of aryl methyl sites for hydroxylation is 1. The number of amidine groups is 1. The van der Waals surface area contributed by atoms with Gasteiger partial charge in [-0.15, -0.1) is 0 Å². The van der Waals surface area contributed by atoms with Gasteiger partial charge in [-0.2, -0.15) is 0 Å². The largest absolute Gasteiger partial charge is 0.493 e. The Labute approximate surface area is 200 Å². The first-order valence-corrected chi connectivity index (χ1v) is 11.2. The molecule has 0 atom stereocenters. The fourth-order valence-electron chi connectivity index (χ4n) is 3.04. The molecule has 168 valence electrons. The lowest BCUT2D eigenvalue weighted by Gasteiger charge is -2.11. The van der Waals surface area contributed by atoms with Crippen LogP contribution in [-0.2, 0) is 11.4 Å². The van der Waals surface area contributed by atoms with Crippen molar-refractivity contribution >= 4 is 46.2 Å². The van der Waals surface area contributed by atoms with Gasteiger partial charge in [0.2, 0.25) is 0 Å². The van der Waals surface area contributed by atoms with Crippen LogP contribution in [0.15, 0.2) is 70.6 Å². The van der Waals surface area contributed by atoms with Gasteiger partial charge in [0, 0.05) is 5.02 Å². The van der Waals surface area contributed by atoms with Crippen LogP contribution in [0.2, 0.25) is 5.02 Å². The number of halogens is 2. The number of amides is 1. The Morgan fingerprint density at radius 3 is 2.61 bits per heavy atom. The van der Waals surface area contributed by atoms with E-state index in [1.807, 2.05) is 25.1 Å². The number of carbonyl (C=O) groups excluding carboxylic acids is 1. The van der Waals surface area contributed by atoms with Crippen molar-refractivity contribution in [3.05, 3.63) is 93.1 Å². The zero-order valence-electron chi connectivity index (χ0n) is 17.9. The second-order valence-electron chi connectivity index (χ2n) is 7.24. The third-order valence-corrected chi connectivity index (χ3v) is 6.15. The molecular formula is C25H20ClFN2O3S. The molecule has 0 saturated carbocycles. The van der Waals surface area contributed by atoms with E-state index in [1.54, 1.807) is 43.5 Å². The summed E-state index contributed by atoms with van der Waals surface area (Å²) in [6.45, 7) is 2.19. The Kier molecular flexibility index (Phi) is 7.01. The Balaban J connectivity index is 1.48. The van der Waals surface area contributed by atoms with Crippen molar-refractivity contribution in [1.82, 2.24) is 5.32 Å². The van der Waals surface area contributed by atoms with Gasteiger partial charge in [0.1, 0.15) is 12.4 Å². The quantitative estimate of drug-likeness (QED) is 0.421. The van der Waals surface area contributed by atoms with E-state index < -0.39 is 0 Å². The highest BCUT2D eigenvalue weighted by atomic mass is 35.5. The fourth-order valence-corrected chi connectivity index (χ4v) is 4.05. The lowest BCUT2D eigenvalue weighted by atomic mass is 10.2. The van der Waals surface area contributed by atoms with Crippen molar-refractivity contribution in [3.8, 4) is 11.5 Å². The molecular weight excluding hydrogens is 463 g/mol. The van der Waals surface area contributed by atoms with E-state index in [2.05, 4.69) is 10.3 Å². The standard InChI is InChI=1S/C25H20ClFN2O3S/c1-15-3-9-19(13-20(15)26)28-25-29-24(30)23(33-25)12-17-6-10-21(22(11-17)31-2)32-14-16-4-7-18(27)8-5-16/h3-13H,14H2,1-2H3,(H,28,29,30)/b23-12-. The highest BCUT2D eigenvalue weighted by Gasteiger charge is 2.24. The topological polar surface area (TPSA) is 59.9 Å². The number of thioether (sulfide) groups is 1. The first-order chi connectivity index (χ1) is 15.9. The first-order valence-electron chi connectivity index (χ1n) is 10.0. The molecule has 1 aliphatic rings. The van der Waals surface area contributed by atoms with Crippen LogP contribution in [0.5, 0.6) is 11.5 Å². The zero-order valence-corrected chi connectivity index (χ0v) is 19.5. The molecule has 4 rings (SSSR count). The van der Waals surface area contributed by atoms with Crippen LogP contribution >= 0.6 is 23.4 Å². The number of methoxy groups -OCH3 is 1. The number of benzene rings is 3. The van der Waals surface area contributed by atoms with Crippen molar-refractivity contribution in [2.75, 3.05) is 7.11 Å². The Morgan fingerprint density at radius 2 is 1.88 bits per heavy atom. The smallest absolute Gasteiger partial charge is 0.264 e. The maximum atomic E-state index is 13.1. The number of nitrogens with one attached hydrogen (secondary N) is 1. The van der Waals surface area contributed by atoms with Crippen LogP contribution in [0.1, 0.15) is 16.7 Å². The lowest BCUT2D eigenvalue weighted by molar-refractivity contribution is -0.115. The van der Waals surface area contributed by atoms with E-state index >= 15 is 0 Å². The SMILES string of the molecule is COc1cc(/C=C2\SC(=Nc3ccc(C)c(Cl)c3)NC2=O)ccc1OCc1ccc(F)cc1. The summed E-state index contributed by atoms with van der Waals surface area (Å²) in [5.41, 5.74) is 3.24. The van der Waals surface area contributed by atoms with E-state index in [-0.39, 0.29) is 18.3 Å². The number of ether oxygens (including phenoxy) is 2. The van der Waals surface area contributed by atoms with Gasteiger partial charge in [-0.1, -0.05) is 35.9 Å². The van der Waals surface area contributed by atoms with E-state index in [1.165, 1.54) is 23.9 Å². The van der Waals surface area contributed by atoms with Gasteiger partial charge >= 0.3 is 0 Å². The van der Waals surface area contributed by atoms with Crippen LogP contribution in [0.3, 0.4) is 0 Å². The minimum absolute atomic E-state index is 0.229. The van der Waals surface area contributed by atoms with Crippen LogP contribution < -0.4 is 14.8 Å². The molecule has 1 N–H and O–H groups in total. The second-order valence-corrected chi connectivity index (χ2v) is 8.68. The summed E-state index contributed by atoms with van der Waals surface area (Å²) in [6, 6.07) is 17.0. The number of rotatable bonds is 6. The molecule has 1 aliphatic heterocycles. The van der Waals surface area contributed by atoms with Crippen molar-refractivity contribution in [3.63, 3.8) is 0 Å². The molecule has 0 bridgehead atoms. The second kappa shape index (κ2) is 10.1. The third-order valence-electron chi connectivity index (χ3n) is 4.83. The maximum Gasteiger partial charge on any atom is 0.264 e. The molecule has 0 radical (unpaired) electrons. The average Bonchev–Trinajstić information content (AvgIpc) is 3.14. The van der Waals surface area contributed by atoms with Crippen LogP contribution in [-0.4, -0.2) is 18.2 Å².